The zero-order valence-corrected chi connectivity index (χ0v) is 16.0. The molecule has 2 aromatic rings. The summed E-state index contributed by atoms with van der Waals surface area (Å²) in [5.41, 5.74) is 3.92. The highest BCUT2D eigenvalue weighted by Gasteiger charge is 2.46. The Hall–Kier alpha value is -2.11. The number of nitrogens with zero attached hydrogens (tertiary/aromatic N) is 2. The summed E-state index contributed by atoms with van der Waals surface area (Å²) in [6.07, 6.45) is 5.02. The predicted molar refractivity (Wildman–Crippen MR) is 105 cm³/mol. The molecular weight excluding hydrogens is 364 g/mol. The normalized spacial score (nSPS) is 21.1. The largest absolute Gasteiger partial charge is 0.481 e. The Kier molecular flexibility index (Phi) is 5.06. The predicted octanol–water partition coefficient (Wildman–Crippen LogP) is 4.62. The molecule has 5 nitrogen and oxygen atoms in total. The van der Waals surface area contributed by atoms with Gasteiger partial charge in [0.1, 0.15) is 0 Å². The minimum atomic E-state index is -0.745. The Morgan fingerprint density at radius 3 is 2.63 bits per heavy atom. The molecule has 0 saturated heterocycles. The van der Waals surface area contributed by atoms with Gasteiger partial charge in [0.05, 0.1) is 24.4 Å². The Morgan fingerprint density at radius 1 is 1.30 bits per heavy atom. The number of carboxylic acid groups (broad SMARTS) is 1. The van der Waals surface area contributed by atoms with Gasteiger partial charge in [-0.25, -0.2) is 0 Å². The molecule has 142 valence electrons. The molecule has 2 saturated carbocycles. The SMILES string of the molecule is COCc1cc(N(CC2CC2)c2ccc(Cl)cc2)cnc1C1CC1C(=O)O. The molecule has 2 fully saturated rings. The zero-order chi connectivity index (χ0) is 19.0. The fourth-order valence-corrected chi connectivity index (χ4v) is 3.70. The van der Waals surface area contributed by atoms with Crippen LogP contribution in [-0.4, -0.2) is 29.7 Å². The standard InChI is InChI=1S/C21H23ClN2O3/c1-27-12-14-8-17(10-23-20(14)18-9-19(18)21(25)26)24(11-13-2-3-13)16-6-4-15(22)5-7-16/h4-8,10,13,18-19H,2-3,9,11-12H2,1H3,(H,25,26). The van der Waals surface area contributed by atoms with Crippen molar-refractivity contribution in [1.82, 2.24) is 4.98 Å². The lowest BCUT2D eigenvalue weighted by molar-refractivity contribution is -0.138. The van der Waals surface area contributed by atoms with Crippen molar-refractivity contribution in [2.24, 2.45) is 11.8 Å². The number of ether oxygens (including phenoxy) is 1. The summed E-state index contributed by atoms with van der Waals surface area (Å²) in [6, 6.07) is 9.94. The van der Waals surface area contributed by atoms with Crippen LogP contribution in [0.2, 0.25) is 5.02 Å². The van der Waals surface area contributed by atoms with Crippen molar-refractivity contribution in [3.8, 4) is 0 Å². The molecule has 0 radical (unpaired) electrons. The van der Waals surface area contributed by atoms with Gasteiger partial charge in [-0.2, -0.15) is 0 Å². The third-order valence-electron chi connectivity index (χ3n) is 5.33. The first kappa shape index (κ1) is 18.3. The molecule has 27 heavy (non-hydrogen) atoms. The number of anilines is 2. The third kappa shape index (κ3) is 4.09. The van der Waals surface area contributed by atoms with Gasteiger partial charge in [0.2, 0.25) is 0 Å². The van der Waals surface area contributed by atoms with E-state index in [1.54, 1.807) is 7.11 Å². The second kappa shape index (κ2) is 7.49. The number of methoxy groups -OCH3 is 1. The van der Waals surface area contributed by atoms with E-state index in [2.05, 4.69) is 16.0 Å². The molecule has 1 aromatic carbocycles. The average Bonchev–Trinajstić information content (AvgIpc) is 3.55. The molecule has 0 aliphatic heterocycles. The molecule has 1 aromatic heterocycles. The van der Waals surface area contributed by atoms with Crippen LogP contribution in [0.5, 0.6) is 0 Å². The van der Waals surface area contributed by atoms with Crippen LogP contribution in [0.4, 0.5) is 11.4 Å². The summed E-state index contributed by atoms with van der Waals surface area (Å²) >= 11 is 6.05. The minimum Gasteiger partial charge on any atom is -0.481 e. The number of hydrogen-bond donors (Lipinski definition) is 1. The molecular formula is C21H23ClN2O3. The maximum Gasteiger partial charge on any atom is 0.307 e. The van der Waals surface area contributed by atoms with Crippen LogP contribution in [0, 0.1) is 11.8 Å². The smallest absolute Gasteiger partial charge is 0.307 e. The molecule has 1 heterocycles. The number of rotatable bonds is 8. The molecule has 0 amide bonds. The summed E-state index contributed by atoms with van der Waals surface area (Å²) in [5, 5.41) is 9.96. The Labute approximate surface area is 163 Å². The van der Waals surface area contributed by atoms with E-state index in [1.165, 1.54) is 12.8 Å². The first-order valence-electron chi connectivity index (χ1n) is 9.30. The zero-order valence-electron chi connectivity index (χ0n) is 15.3. The lowest BCUT2D eigenvalue weighted by Crippen LogP contribution is -2.20. The molecule has 2 unspecified atom stereocenters. The van der Waals surface area contributed by atoms with Gasteiger partial charge in [-0.3, -0.25) is 9.78 Å². The van der Waals surface area contributed by atoms with Gasteiger partial charge in [-0.05, 0) is 55.5 Å². The highest BCUT2D eigenvalue weighted by atomic mass is 35.5. The molecule has 6 heteroatoms. The minimum absolute atomic E-state index is 0.00545. The van der Waals surface area contributed by atoms with E-state index >= 15 is 0 Å². The van der Waals surface area contributed by atoms with Gasteiger partial charge < -0.3 is 14.7 Å². The number of pyridine rings is 1. The molecule has 2 aliphatic carbocycles. The van der Waals surface area contributed by atoms with E-state index in [0.717, 1.165) is 29.2 Å². The number of carbonyl (C=O) groups is 1. The summed E-state index contributed by atoms with van der Waals surface area (Å²) in [4.78, 5) is 18.2. The lowest BCUT2D eigenvalue weighted by Gasteiger charge is -2.26. The second-order valence-corrected chi connectivity index (χ2v) is 7.92. The number of aromatic nitrogens is 1. The lowest BCUT2D eigenvalue weighted by atomic mass is 10.1. The summed E-state index contributed by atoms with van der Waals surface area (Å²) in [5.74, 6) is -0.372. The molecule has 0 bridgehead atoms. The van der Waals surface area contributed by atoms with Crippen LogP contribution in [0.15, 0.2) is 36.5 Å². The first-order chi connectivity index (χ1) is 13.1. The number of carboxylic acids is 1. The topological polar surface area (TPSA) is 62.7 Å². The average molecular weight is 387 g/mol. The summed E-state index contributed by atoms with van der Waals surface area (Å²) in [6.45, 7) is 1.37. The van der Waals surface area contributed by atoms with Crippen molar-refractivity contribution in [2.75, 3.05) is 18.6 Å². The molecule has 4 rings (SSSR count). The fraction of sp³-hybridized carbons (Fsp3) is 0.429. The quantitative estimate of drug-likeness (QED) is 0.717. The molecule has 0 spiro atoms. The van der Waals surface area contributed by atoms with Crippen molar-refractivity contribution in [2.45, 2.75) is 31.8 Å². The Morgan fingerprint density at radius 2 is 2.04 bits per heavy atom. The van der Waals surface area contributed by atoms with E-state index in [-0.39, 0.29) is 11.8 Å². The number of halogens is 1. The van der Waals surface area contributed by atoms with E-state index < -0.39 is 5.97 Å². The number of benzene rings is 1. The van der Waals surface area contributed by atoms with Crippen molar-refractivity contribution in [3.63, 3.8) is 0 Å². The van der Waals surface area contributed by atoms with E-state index in [0.29, 0.717) is 24.0 Å². The monoisotopic (exact) mass is 386 g/mol. The highest BCUT2D eigenvalue weighted by molar-refractivity contribution is 6.30. The molecule has 2 aliphatic rings. The second-order valence-electron chi connectivity index (χ2n) is 7.49. The van der Waals surface area contributed by atoms with Gasteiger partial charge in [-0.15, -0.1) is 0 Å². The maximum atomic E-state index is 11.3. The fourth-order valence-electron chi connectivity index (χ4n) is 3.57. The van der Waals surface area contributed by atoms with Crippen molar-refractivity contribution < 1.29 is 14.6 Å². The van der Waals surface area contributed by atoms with Gasteiger partial charge in [0.15, 0.2) is 0 Å². The summed E-state index contributed by atoms with van der Waals surface area (Å²) < 4.78 is 5.37. The Bertz CT molecular complexity index is 836. The van der Waals surface area contributed by atoms with Crippen molar-refractivity contribution in [1.29, 1.82) is 0 Å². The van der Waals surface area contributed by atoms with Gasteiger partial charge in [0.25, 0.3) is 0 Å². The summed E-state index contributed by atoms with van der Waals surface area (Å²) in [7, 11) is 1.65. The van der Waals surface area contributed by atoms with Crippen LogP contribution in [-0.2, 0) is 16.1 Å². The highest BCUT2D eigenvalue weighted by Crippen LogP contribution is 2.48. The Balaban J connectivity index is 1.66. The molecule has 2 atom stereocenters. The van der Waals surface area contributed by atoms with E-state index in [4.69, 9.17) is 16.3 Å². The first-order valence-corrected chi connectivity index (χ1v) is 9.68. The van der Waals surface area contributed by atoms with Crippen molar-refractivity contribution >= 4 is 28.9 Å². The van der Waals surface area contributed by atoms with Gasteiger partial charge in [0, 0.05) is 41.5 Å². The third-order valence-corrected chi connectivity index (χ3v) is 5.59. The van der Waals surface area contributed by atoms with Crippen LogP contribution >= 0.6 is 11.6 Å². The van der Waals surface area contributed by atoms with Crippen LogP contribution < -0.4 is 4.90 Å². The van der Waals surface area contributed by atoms with Crippen LogP contribution in [0.25, 0.3) is 0 Å². The molecule has 1 N–H and O–H groups in total. The van der Waals surface area contributed by atoms with E-state index in [1.807, 2.05) is 30.5 Å². The van der Waals surface area contributed by atoms with Gasteiger partial charge >= 0.3 is 5.97 Å². The number of aliphatic carboxylic acids is 1. The van der Waals surface area contributed by atoms with Crippen LogP contribution in [0.1, 0.15) is 36.4 Å². The van der Waals surface area contributed by atoms with Crippen molar-refractivity contribution in [3.05, 3.63) is 52.8 Å². The maximum absolute atomic E-state index is 11.3. The number of hydrogen-bond acceptors (Lipinski definition) is 4. The van der Waals surface area contributed by atoms with E-state index in [9.17, 15) is 9.90 Å². The van der Waals surface area contributed by atoms with Gasteiger partial charge in [-0.1, -0.05) is 11.6 Å². The van der Waals surface area contributed by atoms with Crippen LogP contribution in [0.3, 0.4) is 0 Å².